The minimum Gasteiger partial charge on any atom is -0.496 e. The Kier molecular flexibility index (Phi) is 7.74. The lowest BCUT2D eigenvalue weighted by Gasteiger charge is -2.35. The first-order chi connectivity index (χ1) is 18.4. The van der Waals surface area contributed by atoms with Gasteiger partial charge < -0.3 is 19.5 Å². The first-order valence-corrected chi connectivity index (χ1v) is 13.4. The Morgan fingerprint density at radius 3 is 2.55 bits per heavy atom. The minimum atomic E-state index is -0.184. The third-order valence-electron chi connectivity index (χ3n) is 7.66. The van der Waals surface area contributed by atoms with Gasteiger partial charge in [0.1, 0.15) is 5.75 Å². The zero-order valence-electron chi connectivity index (χ0n) is 22.6. The summed E-state index contributed by atoms with van der Waals surface area (Å²) in [6.07, 6.45) is 6.93. The Labute approximate surface area is 224 Å². The number of amides is 1. The number of carbonyl (C=O) groups is 1. The van der Waals surface area contributed by atoms with Gasteiger partial charge in [-0.3, -0.25) is 4.79 Å². The number of hydrogen-bond acceptors (Lipinski definition) is 6. The summed E-state index contributed by atoms with van der Waals surface area (Å²) in [4.78, 5) is 20.6. The topological polar surface area (TPSA) is 80.5 Å². The van der Waals surface area contributed by atoms with Crippen LogP contribution in [0.4, 0.5) is 5.69 Å². The Morgan fingerprint density at radius 2 is 1.89 bits per heavy atom. The number of hydrogen-bond donors (Lipinski definition) is 1. The van der Waals surface area contributed by atoms with E-state index in [9.17, 15) is 4.79 Å². The van der Waals surface area contributed by atoms with E-state index >= 15 is 0 Å². The highest BCUT2D eigenvalue weighted by Crippen LogP contribution is 2.38. The van der Waals surface area contributed by atoms with Gasteiger partial charge in [-0.2, -0.15) is 4.98 Å². The van der Waals surface area contributed by atoms with Gasteiger partial charge in [-0.25, -0.2) is 0 Å². The van der Waals surface area contributed by atoms with Crippen molar-refractivity contribution in [2.24, 2.45) is 0 Å². The fourth-order valence-electron chi connectivity index (χ4n) is 5.52. The highest BCUT2D eigenvalue weighted by molar-refractivity contribution is 6.15. The average Bonchev–Trinajstić information content (AvgIpc) is 3.39. The van der Waals surface area contributed by atoms with Crippen molar-refractivity contribution in [1.82, 2.24) is 15.0 Å². The van der Waals surface area contributed by atoms with Crippen LogP contribution in [0.15, 0.2) is 70.8 Å². The number of likely N-dealkylation sites (tertiary alicyclic amines) is 1. The van der Waals surface area contributed by atoms with Gasteiger partial charge in [0.25, 0.3) is 5.91 Å². The number of ether oxygens (including phenoxy) is 1. The second kappa shape index (κ2) is 11.4. The number of benzene rings is 2. The fraction of sp³-hybridized carbons (Fsp3) is 0.387. The van der Waals surface area contributed by atoms with Crippen LogP contribution in [0.25, 0.3) is 5.57 Å². The molecule has 1 unspecified atom stereocenters. The lowest BCUT2D eigenvalue weighted by atomic mass is 9.85. The molecule has 2 heterocycles. The number of anilines is 1. The largest absolute Gasteiger partial charge is 0.496 e. The molecule has 1 aromatic heterocycles. The van der Waals surface area contributed by atoms with Gasteiger partial charge in [0.15, 0.2) is 0 Å². The molecule has 7 nitrogen and oxygen atoms in total. The molecule has 2 aromatic carbocycles. The summed E-state index contributed by atoms with van der Waals surface area (Å²) in [6, 6.07) is 16.8. The molecule has 1 N–H and O–H groups in total. The second-order valence-corrected chi connectivity index (χ2v) is 10.4. The van der Waals surface area contributed by atoms with Crippen molar-refractivity contribution in [2.45, 2.75) is 57.9 Å². The molecule has 1 amide bonds. The molecule has 1 aliphatic heterocycles. The summed E-state index contributed by atoms with van der Waals surface area (Å²) in [5, 5.41) is 7.26. The van der Waals surface area contributed by atoms with Crippen LogP contribution in [-0.4, -0.2) is 47.2 Å². The first-order valence-electron chi connectivity index (χ1n) is 13.4. The van der Waals surface area contributed by atoms with Gasteiger partial charge in [-0.05, 0) is 81.4 Å². The molecule has 1 fully saturated rings. The number of methoxy groups -OCH3 is 1. The van der Waals surface area contributed by atoms with Crippen LogP contribution < -0.4 is 10.1 Å². The predicted octanol–water partition coefficient (Wildman–Crippen LogP) is 6.11. The van der Waals surface area contributed by atoms with Crippen LogP contribution in [0.3, 0.4) is 0 Å². The molecule has 0 spiro atoms. The summed E-state index contributed by atoms with van der Waals surface area (Å²) in [5.74, 6) is 2.11. The maximum absolute atomic E-state index is 13.6. The van der Waals surface area contributed by atoms with E-state index in [1.165, 1.54) is 5.56 Å². The molecule has 38 heavy (non-hydrogen) atoms. The quantitative estimate of drug-likeness (QED) is 0.411. The highest BCUT2D eigenvalue weighted by Gasteiger charge is 2.28. The summed E-state index contributed by atoms with van der Waals surface area (Å²) in [6.45, 7) is 8.38. The number of aryl methyl sites for hydroxylation is 1. The number of piperidine rings is 1. The van der Waals surface area contributed by atoms with Crippen LogP contribution in [0.5, 0.6) is 5.75 Å². The fourth-order valence-corrected chi connectivity index (χ4v) is 5.52. The van der Waals surface area contributed by atoms with Crippen molar-refractivity contribution in [3.8, 4) is 5.75 Å². The van der Waals surface area contributed by atoms with Gasteiger partial charge in [0, 0.05) is 35.7 Å². The van der Waals surface area contributed by atoms with Crippen molar-refractivity contribution in [2.75, 3.05) is 25.5 Å². The van der Waals surface area contributed by atoms with Crippen LogP contribution in [0.1, 0.15) is 67.8 Å². The lowest BCUT2D eigenvalue weighted by molar-refractivity contribution is -0.112. The minimum absolute atomic E-state index is 0.130. The van der Waals surface area contributed by atoms with Gasteiger partial charge in [0.2, 0.25) is 11.7 Å². The smallest absolute Gasteiger partial charge is 0.256 e. The van der Waals surface area contributed by atoms with E-state index in [2.05, 4.69) is 58.5 Å². The summed E-state index contributed by atoms with van der Waals surface area (Å²) in [5.41, 5.74) is 4.34. The molecule has 3 aromatic rings. The van der Waals surface area contributed by atoms with Crippen molar-refractivity contribution in [3.63, 3.8) is 0 Å². The number of rotatable bonds is 7. The SMILES string of the molecule is COc1ccc(NC(=O)C2=CCC(c3ccccc3)C=C2c2noc(C)n2)cc1C1CCN(C(C)C)CC1. The third kappa shape index (κ3) is 5.58. The molecule has 0 saturated carbocycles. The Hall–Kier alpha value is -3.71. The van der Waals surface area contributed by atoms with E-state index in [4.69, 9.17) is 9.26 Å². The Balaban J connectivity index is 1.38. The highest BCUT2D eigenvalue weighted by atomic mass is 16.5. The number of nitrogens with zero attached hydrogens (tertiary/aromatic N) is 3. The monoisotopic (exact) mass is 512 g/mol. The summed E-state index contributed by atoms with van der Waals surface area (Å²) in [7, 11) is 1.71. The number of nitrogens with one attached hydrogen (secondary N) is 1. The standard InChI is InChI=1S/C31H36N4O3/c1-20(2)35-16-14-23(15-17-35)27-19-25(11-13-29(27)37-4)33-31(36)26-12-10-24(22-8-6-5-7-9-22)18-28(26)30-32-21(3)38-34-30/h5-9,11-13,18-20,23-24H,10,14-17H2,1-4H3,(H,33,36). The van der Waals surface area contributed by atoms with Gasteiger partial charge >= 0.3 is 0 Å². The van der Waals surface area contributed by atoms with E-state index < -0.39 is 0 Å². The van der Waals surface area contributed by atoms with Gasteiger partial charge in [-0.1, -0.05) is 47.6 Å². The van der Waals surface area contributed by atoms with Gasteiger partial charge in [-0.15, -0.1) is 0 Å². The zero-order chi connectivity index (χ0) is 26.6. The molecule has 5 rings (SSSR count). The third-order valence-corrected chi connectivity index (χ3v) is 7.66. The lowest BCUT2D eigenvalue weighted by Crippen LogP contribution is -2.37. The zero-order valence-corrected chi connectivity index (χ0v) is 22.6. The van der Waals surface area contributed by atoms with Crippen LogP contribution in [0, 0.1) is 6.92 Å². The van der Waals surface area contributed by atoms with E-state index in [0.29, 0.717) is 34.8 Å². The molecule has 7 heteroatoms. The Morgan fingerprint density at radius 1 is 1.13 bits per heavy atom. The molecule has 1 saturated heterocycles. The maximum atomic E-state index is 13.6. The Bertz CT molecular complexity index is 1330. The summed E-state index contributed by atoms with van der Waals surface area (Å²) >= 11 is 0. The van der Waals surface area contributed by atoms with E-state index in [1.807, 2.05) is 36.4 Å². The van der Waals surface area contributed by atoms with Crippen molar-refractivity contribution in [1.29, 1.82) is 0 Å². The number of aromatic nitrogens is 2. The van der Waals surface area contributed by atoms with E-state index in [1.54, 1.807) is 14.0 Å². The van der Waals surface area contributed by atoms with Gasteiger partial charge in [0.05, 0.1) is 7.11 Å². The normalized spacial score (nSPS) is 18.7. The molecule has 0 bridgehead atoms. The molecular weight excluding hydrogens is 476 g/mol. The molecule has 0 radical (unpaired) electrons. The number of allylic oxidation sites excluding steroid dienone is 2. The molecule has 1 atom stereocenters. The molecule has 2 aliphatic rings. The summed E-state index contributed by atoms with van der Waals surface area (Å²) < 4.78 is 11.0. The van der Waals surface area contributed by atoms with E-state index in [0.717, 1.165) is 49.4 Å². The van der Waals surface area contributed by atoms with Crippen molar-refractivity contribution < 1.29 is 14.1 Å². The number of carbonyl (C=O) groups excluding carboxylic acids is 1. The predicted molar refractivity (Wildman–Crippen MR) is 149 cm³/mol. The first kappa shape index (κ1) is 25.9. The van der Waals surface area contributed by atoms with Crippen LogP contribution in [-0.2, 0) is 4.79 Å². The maximum Gasteiger partial charge on any atom is 0.256 e. The molecule has 198 valence electrons. The molecule has 1 aliphatic carbocycles. The van der Waals surface area contributed by atoms with Crippen LogP contribution >= 0.6 is 0 Å². The molecular formula is C31H36N4O3. The van der Waals surface area contributed by atoms with E-state index in [-0.39, 0.29) is 11.8 Å². The van der Waals surface area contributed by atoms with Crippen molar-refractivity contribution >= 4 is 17.2 Å². The average molecular weight is 513 g/mol. The van der Waals surface area contributed by atoms with Crippen molar-refractivity contribution in [3.05, 3.63) is 89.1 Å². The second-order valence-electron chi connectivity index (χ2n) is 10.4. The van der Waals surface area contributed by atoms with Crippen LogP contribution in [0.2, 0.25) is 0 Å².